The Bertz CT molecular complexity index is 316. The predicted molar refractivity (Wildman–Crippen MR) is 62.1 cm³/mol. The van der Waals surface area contributed by atoms with Crippen LogP contribution < -0.4 is 0 Å². The number of benzene rings is 1. The fraction of sp³-hybridized carbons (Fsp3) is 0.500. The maximum absolute atomic E-state index is 5.39. The van der Waals surface area contributed by atoms with E-state index >= 15 is 0 Å². The third-order valence-corrected chi connectivity index (χ3v) is 4.99. The number of hydrogen-bond donors (Lipinski definition) is 0. The van der Waals surface area contributed by atoms with Crippen molar-refractivity contribution < 1.29 is 4.74 Å². The van der Waals surface area contributed by atoms with Gasteiger partial charge in [-0.3, -0.25) is 0 Å². The van der Waals surface area contributed by atoms with Crippen LogP contribution in [0.15, 0.2) is 23.1 Å². The predicted octanol–water partition coefficient (Wildman–Crippen LogP) is 2.31. The van der Waals surface area contributed by atoms with Gasteiger partial charge in [-0.1, -0.05) is 17.7 Å². The second kappa shape index (κ2) is 4.37. The molecule has 1 aliphatic rings. The molecule has 1 nitrogen and oxygen atoms in total. The summed E-state index contributed by atoms with van der Waals surface area (Å²) in [5.41, 5.74) is 2.82. The molecule has 0 N–H and O–H groups in total. The van der Waals surface area contributed by atoms with Crippen molar-refractivity contribution in [3.05, 3.63) is 29.3 Å². The normalized spacial score (nSPS) is 18.4. The quantitative estimate of drug-likeness (QED) is 0.645. The van der Waals surface area contributed by atoms with Crippen LogP contribution in [0.3, 0.4) is 0 Å². The third kappa shape index (κ3) is 2.12. The molecule has 0 unspecified atom stereocenters. The van der Waals surface area contributed by atoms with Crippen molar-refractivity contribution in [2.45, 2.75) is 18.7 Å². The number of hydrogen-bond acceptors (Lipinski definition) is 1. The van der Waals surface area contributed by atoms with E-state index < -0.39 is 0 Å². The summed E-state index contributed by atoms with van der Waals surface area (Å²) >= 11 is 0. The van der Waals surface area contributed by atoms with E-state index in [4.69, 9.17) is 4.74 Å². The highest BCUT2D eigenvalue weighted by molar-refractivity contribution is 7.97. The summed E-state index contributed by atoms with van der Waals surface area (Å²) in [7, 11) is 0.447. The molecule has 76 valence electrons. The van der Waals surface area contributed by atoms with Crippen molar-refractivity contribution in [2.75, 3.05) is 24.7 Å². The lowest BCUT2D eigenvalue weighted by Gasteiger charge is -2.15. The van der Waals surface area contributed by atoms with Crippen molar-refractivity contribution in [2.24, 2.45) is 0 Å². The van der Waals surface area contributed by atoms with Crippen molar-refractivity contribution in [3.8, 4) is 0 Å². The summed E-state index contributed by atoms with van der Waals surface area (Å²) in [5.74, 6) is 2.42. The minimum Gasteiger partial charge on any atom is -0.372 e. The number of rotatable bonds is 1. The molecule has 0 aliphatic carbocycles. The SMILES string of the molecule is Cc1ccc([S+]2CCOCC2)c(C)c1. The van der Waals surface area contributed by atoms with Crippen molar-refractivity contribution >= 4 is 10.9 Å². The molecule has 2 rings (SSSR count). The van der Waals surface area contributed by atoms with E-state index in [0.717, 1.165) is 13.2 Å². The molecular formula is C12H17OS+. The highest BCUT2D eigenvalue weighted by Gasteiger charge is 2.26. The van der Waals surface area contributed by atoms with E-state index in [-0.39, 0.29) is 0 Å². The van der Waals surface area contributed by atoms with Gasteiger partial charge in [0.25, 0.3) is 0 Å². The van der Waals surface area contributed by atoms with Gasteiger partial charge in [-0.05, 0) is 19.9 Å². The molecule has 1 fully saturated rings. The first-order valence-electron chi connectivity index (χ1n) is 5.10. The molecule has 0 saturated carbocycles. The highest BCUT2D eigenvalue weighted by Crippen LogP contribution is 2.21. The van der Waals surface area contributed by atoms with Crippen molar-refractivity contribution in [3.63, 3.8) is 0 Å². The van der Waals surface area contributed by atoms with Gasteiger partial charge in [0.1, 0.15) is 11.5 Å². The van der Waals surface area contributed by atoms with Gasteiger partial charge < -0.3 is 4.74 Å². The molecule has 1 aliphatic heterocycles. The maximum atomic E-state index is 5.39. The molecule has 1 aromatic rings. The fourth-order valence-corrected chi connectivity index (χ4v) is 3.92. The largest absolute Gasteiger partial charge is 0.372 e. The van der Waals surface area contributed by atoms with Crippen LogP contribution >= 0.6 is 0 Å². The van der Waals surface area contributed by atoms with Crippen LogP contribution in [-0.4, -0.2) is 24.7 Å². The lowest BCUT2D eigenvalue weighted by molar-refractivity contribution is 0.159. The monoisotopic (exact) mass is 209 g/mol. The fourth-order valence-electron chi connectivity index (χ4n) is 1.87. The van der Waals surface area contributed by atoms with Crippen molar-refractivity contribution in [1.82, 2.24) is 0 Å². The van der Waals surface area contributed by atoms with Crippen LogP contribution in [0, 0.1) is 13.8 Å². The zero-order valence-corrected chi connectivity index (χ0v) is 9.69. The van der Waals surface area contributed by atoms with Crippen LogP contribution in [-0.2, 0) is 15.6 Å². The average molecular weight is 209 g/mol. The molecule has 0 atom stereocenters. The van der Waals surface area contributed by atoms with Crippen molar-refractivity contribution in [1.29, 1.82) is 0 Å². The highest BCUT2D eigenvalue weighted by atomic mass is 32.2. The minimum atomic E-state index is 0.447. The second-order valence-electron chi connectivity index (χ2n) is 3.78. The molecule has 0 spiro atoms. The molecule has 1 heterocycles. The first-order valence-corrected chi connectivity index (χ1v) is 6.66. The second-order valence-corrected chi connectivity index (χ2v) is 6.02. The van der Waals surface area contributed by atoms with Gasteiger partial charge in [0.05, 0.1) is 13.2 Å². The molecule has 14 heavy (non-hydrogen) atoms. The zero-order chi connectivity index (χ0) is 9.97. The Morgan fingerprint density at radius 3 is 2.50 bits per heavy atom. The maximum Gasteiger partial charge on any atom is 0.157 e. The number of aryl methyl sites for hydroxylation is 2. The van der Waals surface area contributed by atoms with Crippen LogP contribution in [0.1, 0.15) is 11.1 Å². The van der Waals surface area contributed by atoms with Crippen LogP contribution in [0.25, 0.3) is 0 Å². The van der Waals surface area contributed by atoms with Crippen LogP contribution in [0.2, 0.25) is 0 Å². The van der Waals surface area contributed by atoms with E-state index in [1.807, 2.05) is 0 Å². The molecule has 2 heteroatoms. The summed E-state index contributed by atoms with van der Waals surface area (Å²) in [5, 5.41) is 0. The smallest absolute Gasteiger partial charge is 0.157 e. The summed E-state index contributed by atoms with van der Waals surface area (Å²) in [4.78, 5) is 1.55. The van der Waals surface area contributed by atoms with Gasteiger partial charge in [-0.15, -0.1) is 0 Å². The van der Waals surface area contributed by atoms with Gasteiger partial charge in [-0.2, -0.15) is 0 Å². The molecule has 0 aromatic heterocycles. The van der Waals surface area contributed by atoms with E-state index in [1.54, 1.807) is 4.90 Å². The Kier molecular flexibility index (Phi) is 3.14. The van der Waals surface area contributed by atoms with Gasteiger partial charge in [-0.25, -0.2) is 0 Å². The Balaban J connectivity index is 2.22. The summed E-state index contributed by atoms with van der Waals surface area (Å²) < 4.78 is 5.39. The molecule has 0 bridgehead atoms. The summed E-state index contributed by atoms with van der Waals surface area (Å²) in [6.45, 7) is 6.27. The first-order chi connectivity index (χ1) is 6.77. The Morgan fingerprint density at radius 2 is 1.86 bits per heavy atom. The molecule has 0 radical (unpaired) electrons. The Morgan fingerprint density at radius 1 is 1.14 bits per heavy atom. The first kappa shape index (κ1) is 10.1. The van der Waals surface area contributed by atoms with E-state index in [9.17, 15) is 0 Å². The lowest BCUT2D eigenvalue weighted by Crippen LogP contribution is -2.26. The standard InChI is InChI=1S/C12H17OS/c1-10-3-4-12(11(2)9-10)14-7-5-13-6-8-14/h3-4,9H,5-8H2,1-2H3/q+1. The Labute approximate surface area is 88.8 Å². The van der Waals surface area contributed by atoms with Gasteiger partial charge in [0, 0.05) is 16.5 Å². The molecule has 0 amide bonds. The summed E-state index contributed by atoms with van der Waals surface area (Å²) in [6.07, 6.45) is 0. The van der Waals surface area contributed by atoms with E-state index in [2.05, 4.69) is 32.0 Å². The topological polar surface area (TPSA) is 9.23 Å². The van der Waals surface area contributed by atoms with Crippen LogP contribution in [0.5, 0.6) is 0 Å². The van der Waals surface area contributed by atoms with E-state index in [0.29, 0.717) is 10.9 Å². The van der Waals surface area contributed by atoms with Gasteiger partial charge >= 0.3 is 0 Å². The van der Waals surface area contributed by atoms with Gasteiger partial charge in [0.15, 0.2) is 4.90 Å². The third-order valence-electron chi connectivity index (χ3n) is 2.59. The zero-order valence-electron chi connectivity index (χ0n) is 8.88. The van der Waals surface area contributed by atoms with E-state index in [1.165, 1.54) is 22.6 Å². The van der Waals surface area contributed by atoms with Gasteiger partial charge in [0.2, 0.25) is 0 Å². The molecule has 1 saturated heterocycles. The minimum absolute atomic E-state index is 0.447. The van der Waals surface area contributed by atoms with Crippen LogP contribution in [0.4, 0.5) is 0 Å². The average Bonchev–Trinajstić information content (AvgIpc) is 2.19. The molecule has 1 aromatic carbocycles. The lowest BCUT2D eigenvalue weighted by atomic mass is 10.2. The molecular weight excluding hydrogens is 192 g/mol. The number of ether oxygens (including phenoxy) is 1. The summed E-state index contributed by atoms with van der Waals surface area (Å²) in [6, 6.07) is 6.82. The Hall–Kier alpha value is -0.470.